The lowest BCUT2D eigenvalue weighted by Gasteiger charge is -2.09. The first-order valence-corrected chi connectivity index (χ1v) is 16.0. The van der Waals surface area contributed by atoms with Gasteiger partial charge in [-0.3, -0.25) is 0 Å². The van der Waals surface area contributed by atoms with Gasteiger partial charge in [0, 0.05) is 50.1 Å². The van der Waals surface area contributed by atoms with E-state index in [9.17, 15) is 0 Å². The molecule has 0 aliphatic carbocycles. The fraction of sp³-hybridized carbons (Fsp3) is 0.222. The number of benzene rings is 3. The summed E-state index contributed by atoms with van der Waals surface area (Å²) < 4.78 is 3.35. The molecule has 0 aromatic heterocycles. The van der Waals surface area contributed by atoms with E-state index in [1.165, 1.54) is 19.6 Å². The lowest BCUT2D eigenvalue weighted by molar-refractivity contribution is 1.43. The maximum absolute atomic E-state index is 2.37. The Morgan fingerprint density at radius 3 is 1.00 bits per heavy atom. The van der Waals surface area contributed by atoms with E-state index in [0.717, 1.165) is 0 Å². The average Bonchev–Trinajstić information content (AvgIpc) is 3.34. The van der Waals surface area contributed by atoms with Crippen molar-refractivity contribution in [2.45, 2.75) is 47.3 Å². The predicted molar refractivity (Wildman–Crippen MR) is 120 cm³/mol. The molecule has 4 aliphatic rings. The van der Waals surface area contributed by atoms with Gasteiger partial charge in [-0.25, -0.2) is 0 Å². The van der Waals surface area contributed by atoms with Crippen LogP contribution in [0.1, 0.15) is 27.7 Å². The van der Waals surface area contributed by atoms with Crippen LogP contribution in [0, 0.1) is 9.02 Å². The summed E-state index contributed by atoms with van der Waals surface area (Å²) in [6, 6.07) is 9.48. The lowest BCUT2D eigenvalue weighted by atomic mass is 10.0. The lowest BCUT2D eigenvalue weighted by Crippen LogP contribution is -1.84. The molecule has 4 heterocycles. The normalized spacial score (nSPS) is 17.8. The summed E-state index contributed by atoms with van der Waals surface area (Å²) in [5.74, 6) is 0. The van der Waals surface area contributed by atoms with Crippen molar-refractivity contribution in [1.82, 2.24) is 0 Å². The number of rotatable bonds is 0. The highest BCUT2D eigenvalue weighted by molar-refractivity contribution is 9.14. The first-order chi connectivity index (χ1) is 11.9. The second-order valence-corrected chi connectivity index (χ2v) is 16.5. The summed E-state index contributed by atoms with van der Waals surface area (Å²) in [4.78, 5) is 6.14. The summed E-state index contributed by atoms with van der Waals surface area (Å²) >= 11 is 0. The predicted octanol–water partition coefficient (Wildman–Crippen LogP) is 9.17. The Labute approximate surface area is 161 Å². The molecular formula is C18H16S6. The van der Waals surface area contributed by atoms with Crippen molar-refractivity contribution >= 4 is 81.8 Å². The molecule has 0 saturated heterocycles. The molecule has 7 rings (SSSR count). The monoisotopic (exact) mass is 424 g/mol. The van der Waals surface area contributed by atoms with E-state index in [-0.39, 0.29) is 0 Å². The molecule has 0 bridgehead atoms. The maximum Gasteiger partial charge on any atom is 0.0368 e. The van der Waals surface area contributed by atoms with Gasteiger partial charge >= 0.3 is 0 Å². The third-order valence-corrected chi connectivity index (χ3v) is 16.7. The highest BCUT2D eigenvalue weighted by atomic mass is 33.5. The Morgan fingerprint density at radius 2 is 0.750 bits per heavy atom. The van der Waals surface area contributed by atoms with Crippen molar-refractivity contribution in [3.8, 4) is 0 Å². The van der Waals surface area contributed by atoms with Crippen molar-refractivity contribution in [1.29, 1.82) is 0 Å². The minimum atomic E-state index is 0.306. The fourth-order valence-electron chi connectivity index (χ4n) is 3.42. The van der Waals surface area contributed by atoms with Gasteiger partial charge < -0.3 is 0 Å². The quantitative estimate of drug-likeness (QED) is 0.200. The first kappa shape index (κ1) is 16.5. The van der Waals surface area contributed by atoms with Gasteiger partial charge in [0.1, 0.15) is 0 Å². The Kier molecular flexibility index (Phi) is 4.04. The van der Waals surface area contributed by atoms with Gasteiger partial charge in [0.05, 0.1) is 0 Å². The zero-order valence-electron chi connectivity index (χ0n) is 13.8. The van der Waals surface area contributed by atoms with Crippen molar-refractivity contribution in [3.05, 3.63) is 33.3 Å². The second-order valence-electron chi connectivity index (χ2n) is 5.08. The van der Waals surface area contributed by atoms with Gasteiger partial charge in [0.25, 0.3) is 0 Å². The fourth-order valence-corrected chi connectivity index (χ4v) is 18.0. The average molecular weight is 425 g/mol. The van der Waals surface area contributed by atoms with Gasteiger partial charge in [-0.15, -0.1) is 0 Å². The van der Waals surface area contributed by atoms with Gasteiger partial charge in [0.2, 0.25) is 0 Å². The smallest absolute Gasteiger partial charge is 0.0368 e. The van der Waals surface area contributed by atoms with E-state index in [1.807, 2.05) is 27.7 Å². The molecule has 0 fully saturated rings. The molecule has 4 aliphatic heterocycles. The van der Waals surface area contributed by atoms with Crippen LogP contribution in [0.25, 0.3) is 21.5 Å². The molecule has 0 amide bonds. The van der Waals surface area contributed by atoms with Crippen LogP contribution in [0.5, 0.6) is 0 Å². The Hall–Kier alpha value is 0.280. The largest absolute Gasteiger partial charge is 0.0683 e. The molecule has 3 aromatic carbocycles. The van der Waals surface area contributed by atoms with Crippen molar-refractivity contribution in [2.75, 3.05) is 0 Å². The SMILES string of the molecule is CC.CC.c1cc2c3c4c5c(ccc6c5c5c3c1SS=5S6)SS=4S2. The van der Waals surface area contributed by atoms with E-state index < -0.39 is 0 Å². The number of hydrogen-bond donors (Lipinski definition) is 0. The topological polar surface area (TPSA) is 0 Å². The van der Waals surface area contributed by atoms with Crippen LogP contribution in [0.15, 0.2) is 43.8 Å². The summed E-state index contributed by atoms with van der Waals surface area (Å²) in [5, 5.41) is 6.47. The van der Waals surface area contributed by atoms with Crippen LogP contribution >= 0.6 is 60.3 Å². The van der Waals surface area contributed by atoms with Crippen LogP contribution in [0.3, 0.4) is 0 Å². The Balaban J connectivity index is 0.000000308. The van der Waals surface area contributed by atoms with Gasteiger partial charge in [0.15, 0.2) is 0 Å². The minimum Gasteiger partial charge on any atom is -0.0683 e. The van der Waals surface area contributed by atoms with Gasteiger partial charge in [-0.2, -0.15) is 0 Å². The van der Waals surface area contributed by atoms with Crippen molar-refractivity contribution in [2.24, 2.45) is 0 Å². The van der Waals surface area contributed by atoms with Crippen LogP contribution in [0.4, 0.5) is 0 Å². The highest BCUT2D eigenvalue weighted by Gasteiger charge is 2.34. The number of hydrogen-bond acceptors (Lipinski definition) is 4. The third-order valence-electron chi connectivity index (χ3n) is 4.16. The second kappa shape index (κ2) is 5.89. The summed E-state index contributed by atoms with van der Waals surface area (Å²) in [5.41, 5.74) is 0. The molecule has 0 unspecified atom stereocenters. The summed E-state index contributed by atoms with van der Waals surface area (Å²) in [7, 11) is 9.00. The van der Waals surface area contributed by atoms with Crippen molar-refractivity contribution in [3.63, 3.8) is 0 Å². The molecule has 24 heavy (non-hydrogen) atoms. The Bertz CT molecular complexity index is 1010. The van der Waals surface area contributed by atoms with E-state index in [0.29, 0.717) is 17.1 Å². The molecule has 124 valence electrons. The highest BCUT2D eigenvalue weighted by Crippen LogP contribution is 2.72. The molecule has 0 radical (unpaired) electrons. The maximum atomic E-state index is 2.37. The molecule has 0 nitrogen and oxygen atoms in total. The van der Waals surface area contributed by atoms with Gasteiger partial charge in [-0.1, -0.05) is 88.0 Å². The van der Waals surface area contributed by atoms with Gasteiger partial charge in [-0.05, 0) is 24.3 Å². The van der Waals surface area contributed by atoms with E-state index >= 15 is 0 Å². The van der Waals surface area contributed by atoms with Crippen LogP contribution in [-0.4, -0.2) is 0 Å². The molecular weight excluding hydrogens is 409 g/mol. The molecule has 0 atom stereocenters. The van der Waals surface area contributed by atoms with Crippen LogP contribution < -0.4 is 0 Å². The first-order valence-electron chi connectivity index (χ1n) is 8.21. The van der Waals surface area contributed by atoms with E-state index in [2.05, 4.69) is 67.4 Å². The molecule has 0 saturated carbocycles. The Morgan fingerprint density at radius 1 is 0.500 bits per heavy atom. The van der Waals surface area contributed by atoms with E-state index in [1.54, 1.807) is 30.6 Å². The summed E-state index contributed by atoms with van der Waals surface area (Å²) in [6.45, 7) is 8.00. The molecule has 3 aromatic rings. The van der Waals surface area contributed by atoms with Crippen molar-refractivity contribution < 1.29 is 0 Å². The zero-order valence-corrected chi connectivity index (χ0v) is 18.7. The zero-order chi connectivity index (χ0) is 16.6. The standard InChI is InChI=1S/C14H4S6.2C2H6/c1-2-6-10-9-5(1)15-19-13(9)11-7(17-19)3-4-8-12(11)14(10)20(16-6)18-8;2*1-2/h1-4H;2*1-2H3. The van der Waals surface area contributed by atoms with E-state index in [4.69, 9.17) is 0 Å². The van der Waals surface area contributed by atoms with Crippen LogP contribution in [-0.2, 0) is 0 Å². The summed E-state index contributed by atoms with van der Waals surface area (Å²) in [6.07, 6.45) is 0. The molecule has 0 spiro atoms. The molecule has 6 heteroatoms. The third kappa shape index (κ3) is 1.83. The minimum absolute atomic E-state index is 0.306. The van der Waals surface area contributed by atoms with Crippen LogP contribution in [0.2, 0.25) is 0 Å². The molecule has 0 N–H and O–H groups in total.